The molecule has 1 aromatic rings. The van der Waals surface area contributed by atoms with Crippen LogP contribution in [-0.2, 0) is 22.5 Å². The fourth-order valence-electron chi connectivity index (χ4n) is 3.82. The van der Waals surface area contributed by atoms with Gasteiger partial charge >= 0.3 is 6.03 Å². The van der Waals surface area contributed by atoms with Crippen molar-refractivity contribution in [2.24, 2.45) is 0 Å². The third-order valence-corrected chi connectivity index (χ3v) is 5.54. The Bertz CT molecular complexity index is 1050. The predicted octanol–water partition coefficient (Wildman–Crippen LogP) is 3.30. The summed E-state index contributed by atoms with van der Waals surface area (Å²) in [5.41, 5.74) is 2.22. The van der Waals surface area contributed by atoms with Crippen LogP contribution in [-0.4, -0.2) is 48.3 Å². The second-order valence-corrected chi connectivity index (χ2v) is 8.11. The number of aromatic nitrogens is 1. The fraction of sp³-hybridized carbons (Fsp3) is 0.440. The van der Waals surface area contributed by atoms with Crippen molar-refractivity contribution in [3.63, 3.8) is 0 Å². The van der Waals surface area contributed by atoms with Crippen LogP contribution in [0.2, 0.25) is 0 Å². The van der Waals surface area contributed by atoms with E-state index in [2.05, 4.69) is 16.4 Å². The monoisotopic (exact) mass is 466 g/mol. The van der Waals surface area contributed by atoms with Gasteiger partial charge in [-0.2, -0.15) is 5.26 Å². The van der Waals surface area contributed by atoms with Crippen molar-refractivity contribution in [2.45, 2.75) is 52.2 Å². The minimum absolute atomic E-state index is 0.118. The van der Waals surface area contributed by atoms with Gasteiger partial charge in [0, 0.05) is 30.3 Å². The molecule has 0 aromatic carbocycles. The molecule has 2 N–H and O–H groups in total. The molecule has 1 aromatic heterocycles. The number of pyridine rings is 1. The van der Waals surface area contributed by atoms with E-state index in [0.717, 1.165) is 24.8 Å². The van der Waals surface area contributed by atoms with Crippen LogP contribution in [0.5, 0.6) is 0 Å². The van der Waals surface area contributed by atoms with Crippen molar-refractivity contribution in [1.82, 2.24) is 10.3 Å². The number of aryl methyl sites for hydroxylation is 1. The van der Waals surface area contributed by atoms with E-state index in [0.29, 0.717) is 60.9 Å². The highest BCUT2D eigenvalue weighted by Crippen LogP contribution is 2.27. The van der Waals surface area contributed by atoms with Crippen LogP contribution >= 0.6 is 0 Å². The zero-order chi connectivity index (χ0) is 24.5. The second kappa shape index (κ2) is 12.1. The van der Waals surface area contributed by atoms with E-state index in [1.165, 1.54) is 4.90 Å². The molecule has 0 bridgehead atoms. The standard InChI is InChI=1S/C25H30N4O5/c1-3-4-6-19(13-26)23(34-21-8-10-33-16-21)11-17(2)27-25(32)29-9-5-7-18-12-20(14-30)22(15-31)28-24(18)29/h4,6,11-12,15,21,30H,3,5,7-10,14,16H2,1-2H3,(H,27,32)/b6-4+,17-11+,23-19-. The number of aldehydes is 1. The lowest BCUT2D eigenvalue weighted by molar-refractivity contribution is 0.0972. The summed E-state index contributed by atoms with van der Waals surface area (Å²) in [4.78, 5) is 30.3. The van der Waals surface area contributed by atoms with Crippen molar-refractivity contribution in [3.05, 3.63) is 58.1 Å². The van der Waals surface area contributed by atoms with E-state index in [-0.39, 0.29) is 18.4 Å². The Morgan fingerprint density at radius 1 is 1.50 bits per heavy atom. The first kappa shape index (κ1) is 25.1. The number of nitrogens with zero attached hydrogens (tertiary/aromatic N) is 3. The lowest BCUT2D eigenvalue weighted by Crippen LogP contribution is -2.43. The number of anilines is 1. The Labute approximate surface area is 199 Å². The van der Waals surface area contributed by atoms with E-state index in [1.807, 2.05) is 13.0 Å². The van der Waals surface area contributed by atoms with Gasteiger partial charge in [-0.25, -0.2) is 9.78 Å². The molecular weight excluding hydrogens is 436 g/mol. The van der Waals surface area contributed by atoms with Crippen molar-refractivity contribution in [2.75, 3.05) is 24.7 Å². The first-order valence-corrected chi connectivity index (χ1v) is 11.4. The Hall–Kier alpha value is -3.48. The predicted molar refractivity (Wildman–Crippen MR) is 126 cm³/mol. The number of carbonyl (C=O) groups is 2. The van der Waals surface area contributed by atoms with E-state index in [9.17, 15) is 20.0 Å². The van der Waals surface area contributed by atoms with Gasteiger partial charge in [0.25, 0.3) is 0 Å². The molecule has 3 rings (SSSR count). The van der Waals surface area contributed by atoms with Crippen LogP contribution in [0.3, 0.4) is 0 Å². The number of amides is 2. The average Bonchev–Trinajstić information content (AvgIpc) is 3.36. The molecule has 1 fully saturated rings. The molecule has 1 saturated heterocycles. The Kier molecular flexibility index (Phi) is 8.96. The van der Waals surface area contributed by atoms with Crippen molar-refractivity contribution >= 4 is 18.1 Å². The first-order chi connectivity index (χ1) is 16.5. The topological polar surface area (TPSA) is 125 Å². The lowest BCUT2D eigenvalue weighted by Gasteiger charge is -2.29. The summed E-state index contributed by atoms with van der Waals surface area (Å²) in [6.45, 7) is 4.89. The number of aliphatic hydroxyl groups is 1. The van der Waals surface area contributed by atoms with Crippen LogP contribution in [0.4, 0.5) is 10.6 Å². The number of fused-ring (bicyclic) bond motifs is 1. The number of hydrogen-bond donors (Lipinski definition) is 2. The van der Waals surface area contributed by atoms with Crippen LogP contribution in [0, 0.1) is 11.3 Å². The third kappa shape index (κ3) is 6.10. The maximum absolute atomic E-state index is 13.1. The minimum atomic E-state index is -0.401. The molecule has 9 heteroatoms. The number of rotatable bonds is 8. The van der Waals surface area contributed by atoms with Gasteiger partial charge in [-0.1, -0.05) is 13.0 Å². The molecule has 180 valence electrons. The number of nitriles is 1. The number of allylic oxidation sites excluding steroid dienone is 5. The van der Waals surface area contributed by atoms with Crippen LogP contribution in [0.25, 0.3) is 0 Å². The number of aliphatic hydroxyl groups excluding tert-OH is 1. The summed E-state index contributed by atoms with van der Waals surface area (Å²) in [5, 5.41) is 22.0. The zero-order valence-electron chi connectivity index (χ0n) is 19.5. The van der Waals surface area contributed by atoms with Crippen molar-refractivity contribution < 1.29 is 24.2 Å². The van der Waals surface area contributed by atoms with Crippen molar-refractivity contribution in [3.8, 4) is 6.07 Å². The van der Waals surface area contributed by atoms with E-state index < -0.39 is 6.03 Å². The summed E-state index contributed by atoms with van der Waals surface area (Å²) < 4.78 is 11.4. The van der Waals surface area contributed by atoms with Gasteiger partial charge in [0.1, 0.15) is 29.4 Å². The molecule has 0 spiro atoms. The molecule has 34 heavy (non-hydrogen) atoms. The maximum atomic E-state index is 13.1. The first-order valence-electron chi connectivity index (χ1n) is 11.4. The zero-order valence-corrected chi connectivity index (χ0v) is 19.5. The van der Waals surface area contributed by atoms with Gasteiger partial charge in [0.2, 0.25) is 0 Å². The van der Waals surface area contributed by atoms with Crippen LogP contribution < -0.4 is 10.2 Å². The SMILES string of the molecule is CC/C=C/C(C#N)=C(\C=C(/C)NC(=O)N1CCCc2cc(CO)c(C=O)nc21)OC1CCOC1. The Balaban J connectivity index is 1.85. The maximum Gasteiger partial charge on any atom is 0.327 e. The van der Waals surface area contributed by atoms with E-state index >= 15 is 0 Å². The third-order valence-electron chi connectivity index (χ3n) is 5.54. The quantitative estimate of drug-likeness (QED) is 0.261. The average molecular weight is 467 g/mol. The molecule has 1 unspecified atom stereocenters. The molecule has 0 radical (unpaired) electrons. The van der Waals surface area contributed by atoms with Gasteiger partial charge < -0.3 is 19.9 Å². The molecule has 9 nitrogen and oxygen atoms in total. The Morgan fingerprint density at radius 2 is 2.32 bits per heavy atom. The Morgan fingerprint density at radius 3 is 2.97 bits per heavy atom. The highest BCUT2D eigenvalue weighted by Gasteiger charge is 2.26. The number of nitrogens with one attached hydrogen (secondary N) is 1. The summed E-state index contributed by atoms with van der Waals surface area (Å²) in [6, 6.07) is 3.49. The number of carbonyl (C=O) groups excluding carboxylic acids is 2. The molecule has 3 heterocycles. The normalized spacial score (nSPS) is 18.8. The number of hydrogen-bond acceptors (Lipinski definition) is 7. The summed E-state index contributed by atoms with van der Waals surface area (Å²) in [5.74, 6) is 0.781. The van der Waals surface area contributed by atoms with E-state index in [4.69, 9.17) is 9.47 Å². The second-order valence-electron chi connectivity index (χ2n) is 8.11. The fourth-order valence-corrected chi connectivity index (χ4v) is 3.82. The van der Waals surface area contributed by atoms with Crippen LogP contribution in [0.15, 0.2) is 41.3 Å². The molecular formula is C25H30N4O5. The van der Waals surface area contributed by atoms with E-state index in [1.54, 1.807) is 25.1 Å². The van der Waals surface area contributed by atoms with Gasteiger partial charge in [-0.05, 0) is 43.9 Å². The molecule has 2 aliphatic rings. The molecule has 2 amide bonds. The minimum Gasteiger partial charge on any atom is -0.486 e. The largest absolute Gasteiger partial charge is 0.486 e. The summed E-state index contributed by atoms with van der Waals surface area (Å²) in [6.07, 6.45) is 8.57. The van der Waals surface area contributed by atoms with Gasteiger partial charge in [0.05, 0.1) is 25.4 Å². The van der Waals surface area contributed by atoms with Gasteiger partial charge in [-0.15, -0.1) is 0 Å². The number of urea groups is 1. The molecule has 1 atom stereocenters. The smallest absolute Gasteiger partial charge is 0.327 e. The van der Waals surface area contributed by atoms with Gasteiger partial charge in [0.15, 0.2) is 6.29 Å². The highest BCUT2D eigenvalue weighted by atomic mass is 16.5. The van der Waals surface area contributed by atoms with Gasteiger partial charge in [-0.3, -0.25) is 9.69 Å². The number of ether oxygens (including phenoxy) is 2. The molecule has 0 aliphatic carbocycles. The van der Waals surface area contributed by atoms with Crippen molar-refractivity contribution in [1.29, 1.82) is 5.26 Å². The molecule has 0 saturated carbocycles. The summed E-state index contributed by atoms with van der Waals surface area (Å²) in [7, 11) is 0. The van der Waals surface area contributed by atoms with Crippen LogP contribution in [0.1, 0.15) is 54.7 Å². The summed E-state index contributed by atoms with van der Waals surface area (Å²) >= 11 is 0. The molecule has 2 aliphatic heterocycles. The lowest BCUT2D eigenvalue weighted by atomic mass is 10.0. The highest BCUT2D eigenvalue weighted by molar-refractivity contribution is 5.93.